The third kappa shape index (κ3) is 2.46. The summed E-state index contributed by atoms with van der Waals surface area (Å²) in [5, 5.41) is 7.98. The molecule has 0 spiro atoms. The summed E-state index contributed by atoms with van der Waals surface area (Å²) in [6.07, 6.45) is 2.60. The summed E-state index contributed by atoms with van der Waals surface area (Å²) < 4.78 is 1.90. The lowest BCUT2D eigenvalue weighted by Gasteiger charge is -2.05. The summed E-state index contributed by atoms with van der Waals surface area (Å²) in [6.45, 7) is 3.47. The molecule has 0 atom stereocenters. The van der Waals surface area contributed by atoms with E-state index in [9.17, 15) is 0 Å². The van der Waals surface area contributed by atoms with Crippen LogP contribution in [0.15, 0.2) is 30.5 Å². The Labute approximate surface area is 95.1 Å². The number of hydrogen-bond donors (Lipinski definition) is 1. The van der Waals surface area contributed by atoms with E-state index >= 15 is 0 Å². The van der Waals surface area contributed by atoms with Crippen molar-refractivity contribution in [2.24, 2.45) is 5.73 Å². The summed E-state index contributed by atoms with van der Waals surface area (Å²) in [4.78, 5) is 0. The number of hydrogen-bond acceptors (Lipinski definition) is 3. The van der Waals surface area contributed by atoms with Gasteiger partial charge in [0.05, 0.1) is 18.4 Å². The van der Waals surface area contributed by atoms with Gasteiger partial charge in [0.15, 0.2) is 0 Å². The molecule has 2 aromatic rings. The van der Waals surface area contributed by atoms with Crippen molar-refractivity contribution >= 4 is 0 Å². The van der Waals surface area contributed by atoms with Crippen molar-refractivity contribution in [3.8, 4) is 0 Å². The lowest BCUT2D eigenvalue weighted by molar-refractivity contribution is 0.617. The Morgan fingerprint density at radius 3 is 2.69 bits per heavy atom. The van der Waals surface area contributed by atoms with Gasteiger partial charge in [-0.3, -0.25) is 0 Å². The average molecular weight is 216 g/mol. The van der Waals surface area contributed by atoms with E-state index in [1.807, 2.05) is 4.68 Å². The van der Waals surface area contributed by atoms with Crippen LogP contribution in [-0.4, -0.2) is 21.5 Å². The van der Waals surface area contributed by atoms with Gasteiger partial charge in [-0.2, -0.15) is 0 Å². The van der Waals surface area contributed by atoms with Crippen molar-refractivity contribution in [2.45, 2.75) is 19.9 Å². The first kappa shape index (κ1) is 10.8. The molecule has 0 aliphatic carbocycles. The van der Waals surface area contributed by atoms with Crippen LogP contribution in [0.25, 0.3) is 0 Å². The molecular formula is C12H16N4. The van der Waals surface area contributed by atoms with Crippen LogP contribution in [-0.2, 0) is 13.0 Å². The first-order chi connectivity index (χ1) is 7.79. The SMILES string of the molecule is Cc1ccc(Cn2nncc2CCN)cc1. The molecular weight excluding hydrogens is 200 g/mol. The number of aryl methyl sites for hydroxylation is 1. The lowest BCUT2D eigenvalue weighted by Crippen LogP contribution is -2.11. The highest BCUT2D eigenvalue weighted by Gasteiger charge is 2.03. The monoisotopic (exact) mass is 216 g/mol. The van der Waals surface area contributed by atoms with Crippen molar-refractivity contribution in [3.05, 3.63) is 47.3 Å². The Hall–Kier alpha value is -1.68. The van der Waals surface area contributed by atoms with E-state index in [4.69, 9.17) is 5.73 Å². The minimum absolute atomic E-state index is 0.626. The maximum atomic E-state index is 5.53. The Kier molecular flexibility index (Phi) is 3.31. The van der Waals surface area contributed by atoms with Crippen molar-refractivity contribution in [1.29, 1.82) is 0 Å². The van der Waals surface area contributed by atoms with Crippen LogP contribution >= 0.6 is 0 Å². The topological polar surface area (TPSA) is 56.7 Å². The summed E-state index contributed by atoms with van der Waals surface area (Å²) in [7, 11) is 0. The Morgan fingerprint density at radius 2 is 2.00 bits per heavy atom. The number of rotatable bonds is 4. The third-order valence-corrected chi connectivity index (χ3v) is 2.55. The predicted molar refractivity (Wildman–Crippen MR) is 63.1 cm³/mol. The van der Waals surface area contributed by atoms with Gasteiger partial charge >= 0.3 is 0 Å². The van der Waals surface area contributed by atoms with E-state index in [-0.39, 0.29) is 0 Å². The fourth-order valence-electron chi connectivity index (χ4n) is 1.62. The van der Waals surface area contributed by atoms with Gasteiger partial charge in [-0.25, -0.2) is 4.68 Å². The van der Waals surface area contributed by atoms with Crippen LogP contribution in [0.5, 0.6) is 0 Å². The van der Waals surface area contributed by atoms with Crippen LogP contribution in [0, 0.1) is 6.92 Å². The molecule has 4 nitrogen and oxygen atoms in total. The average Bonchev–Trinajstić information content (AvgIpc) is 2.70. The summed E-state index contributed by atoms with van der Waals surface area (Å²) >= 11 is 0. The summed E-state index contributed by atoms with van der Waals surface area (Å²) in [5.74, 6) is 0. The smallest absolute Gasteiger partial charge is 0.0725 e. The lowest BCUT2D eigenvalue weighted by atomic mass is 10.1. The van der Waals surface area contributed by atoms with E-state index in [1.165, 1.54) is 11.1 Å². The van der Waals surface area contributed by atoms with Crippen molar-refractivity contribution in [1.82, 2.24) is 15.0 Å². The fourth-order valence-corrected chi connectivity index (χ4v) is 1.62. The Bertz CT molecular complexity index is 444. The molecule has 1 heterocycles. The van der Waals surface area contributed by atoms with Crippen LogP contribution in [0.4, 0.5) is 0 Å². The Balaban J connectivity index is 2.13. The van der Waals surface area contributed by atoms with Crippen molar-refractivity contribution in [2.75, 3.05) is 6.54 Å². The second-order valence-electron chi connectivity index (χ2n) is 3.91. The molecule has 0 fully saturated rings. The van der Waals surface area contributed by atoms with Gasteiger partial charge < -0.3 is 5.73 Å². The number of benzene rings is 1. The second kappa shape index (κ2) is 4.90. The van der Waals surface area contributed by atoms with Crippen LogP contribution < -0.4 is 5.73 Å². The molecule has 0 amide bonds. The standard InChI is InChI=1S/C12H16N4/c1-10-2-4-11(5-3-10)9-16-12(6-7-13)8-14-15-16/h2-5,8H,6-7,9,13H2,1H3. The minimum Gasteiger partial charge on any atom is -0.330 e. The van der Waals surface area contributed by atoms with Crippen molar-refractivity contribution < 1.29 is 0 Å². The van der Waals surface area contributed by atoms with Crippen molar-refractivity contribution in [3.63, 3.8) is 0 Å². The van der Waals surface area contributed by atoms with Gasteiger partial charge in [0, 0.05) is 6.42 Å². The van der Waals surface area contributed by atoms with Crippen LogP contribution in [0.3, 0.4) is 0 Å². The molecule has 0 aliphatic rings. The van der Waals surface area contributed by atoms with Gasteiger partial charge in [-0.1, -0.05) is 35.0 Å². The number of nitrogens with zero attached hydrogens (tertiary/aromatic N) is 3. The summed E-state index contributed by atoms with van der Waals surface area (Å²) in [5.41, 5.74) is 9.12. The molecule has 1 aromatic carbocycles. The van der Waals surface area contributed by atoms with Gasteiger partial charge in [0.25, 0.3) is 0 Å². The predicted octanol–water partition coefficient (Wildman–Crippen LogP) is 1.14. The highest BCUT2D eigenvalue weighted by atomic mass is 15.4. The van der Waals surface area contributed by atoms with E-state index in [1.54, 1.807) is 6.20 Å². The van der Waals surface area contributed by atoms with Gasteiger partial charge in [-0.05, 0) is 19.0 Å². The molecule has 0 unspecified atom stereocenters. The van der Waals surface area contributed by atoms with Gasteiger partial charge in [0.1, 0.15) is 0 Å². The molecule has 16 heavy (non-hydrogen) atoms. The fraction of sp³-hybridized carbons (Fsp3) is 0.333. The molecule has 0 bridgehead atoms. The molecule has 0 radical (unpaired) electrons. The molecule has 84 valence electrons. The van der Waals surface area contributed by atoms with E-state index in [0.717, 1.165) is 18.7 Å². The van der Waals surface area contributed by atoms with Gasteiger partial charge in [0.2, 0.25) is 0 Å². The molecule has 0 saturated heterocycles. The molecule has 1 aromatic heterocycles. The van der Waals surface area contributed by atoms with E-state index in [0.29, 0.717) is 6.54 Å². The van der Waals surface area contributed by atoms with E-state index < -0.39 is 0 Å². The molecule has 4 heteroatoms. The molecule has 2 N–H and O–H groups in total. The number of aromatic nitrogens is 3. The van der Waals surface area contributed by atoms with Crippen LogP contribution in [0.2, 0.25) is 0 Å². The number of nitrogens with two attached hydrogens (primary N) is 1. The largest absolute Gasteiger partial charge is 0.330 e. The minimum atomic E-state index is 0.626. The Morgan fingerprint density at radius 1 is 1.25 bits per heavy atom. The highest BCUT2D eigenvalue weighted by Crippen LogP contribution is 2.06. The normalized spacial score (nSPS) is 10.6. The molecule has 0 aliphatic heterocycles. The highest BCUT2D eigenvalue weighted by molar-refractivity contribution is 5.21. The quantitative estimate of drug-likeness (QED) is 0.833. The zero-order valence-electron chi connectivity index (χ0n) is 9.43. The molecule has 2 rings (SSSR count). The first-order valence-corrected chi connectivity index (χ1v) is 5.42. The van der Waals surface area contributed by atoms with Gasteiger partial charge in [-0.15, -0.1) is 5.10 Å². The third-order valence-electron chi connectivity index (χ3n) is 2.55. The second-order valence-corrected chi connectivity index (χ2v) is 3.91. The maximum Gasteiger partial charge on any atom is 0.0725 e. The summed E-state index contributed by atoms with van der Waals surface area (Å²) in [6, 6.07) is 8.44. The zero-order valence-corrected chi connectivity index (χ0v) is 9.43. The van der Waals surface area contributed by atoms with Crippen LogP contribution in [0.1, 0.15) is 16.8 Å². The van der Waals surface area contributed by atoms with E-state index in [2.05, 4.69) is 41.5 Å². The zero-order chi connectivity index (χ0) is 11.4. The first-order valence-electron chi connectivity index (χ1n) is 5.42. The maximum absolute atomic E-state index is 5.53. The molecule has 0 saturated carbocycles.